The molecule has 3 rings (SSSR count). The fraction of sp³-hybridized carbons (Fsp3) is 0.750. The molecule has 3 aliphatic rings. The zero-order valence-corrected chi connectivity index (χ0v) is 11.9. The number of carbonyl (C=O) groups is 3. The maximum Gasteiger partial charge on any atom is 0.343 e. The summed E-state index contributed by atoms with van der Waals surface area (Å²) in [4.78, 5) is 35.8. The average molecular weight is 350 g/mol. The molecule has 3 saturated heterocycles. The van der Waals surface area contributed by atoms with E-state index in [-0.39, 0.29) is 0 Å². The first-order chi connectivity index (χ1) is 11.1. The summed E-state index contributed by atoms with van der Waals surface area (Å²) in [5.74, 6) is -11.0. The van der Waals surface area contributed by atoms with Gasteiger partial charge in [-0.3, -0.25) is 9.59 Å². The molecule has 0 aromatic carbocycles. The second kappa shape index (κ2) is 5.08. The second-order valence-corrected chi connectivity index (χ2v) is 5.77. The highest BCUT2D eigenvalue weighted by molar-refractivity contribution is 5.91. The SMILES string of the molecule is O=C1CC2(O)CC(=O)O[C@@]3(O)[C@@H](O)[C@@H](CO)O[C@@H](O1)[C@@]3(O)OC2=O. The van der Waals surface area contributed by atoms with E-state index in [2.05, 4.69) is 9.47 Å². The van der Waals surface area contributed by atoms with Crippen molar-refractivity contribution in [2.24, 2.45) is 0 Å². The molecular formula is C12H14O12. The van der Waals surface area contributed by atoms with Crippen LogP contribution in [0.3, 0.4) is 0 Å². The predicted octanol–water partition coefficient (Wildman–Crippen LogP) is -4.39. The minimum absolute atomic E-state index is 0.928. The van der Waals surface area contributed by atoms with Crippen LogP contribution in [-0.4, -0.2) is 85.7 Å². The number of carbonyl (C=O) groups excluding carboxylic acids is 3. The van der Waals surface area contributed by atoms with Crippen LogP contribution in [0.4, 0.5) is 0 Å². The lowest BCUT2D eigenvalue weighted by molar-refractivity contribution is -0.480. The Balaban J connectivity index is 2.18. The third-order valence-electron chi connectivity index (χ3n) is 4.07. The van der Waals surface area contributed by atoms with E-state index in [9.17, 15) is 39.9 Å². The topological polar surface area (TPSA) is 189 Å². The molecule has 24 heavy (non-hydrogen) atoms. The molecule has 1 unspecified atom stereocenters. The van der Waals surface area contributed by atoms with Crippen molar-refractivity contribution >= 4 is 17.9 Å². The van der Waals surface area contributed by atoms with Crippen LogP contribution in [0.2, 0.25) is 0 Å². The van der Waals surface area contributed by atoms with E-state index < -0.39 is 73.0 Å². The van der Waals surface area contributed by atoms with Gasteiger partial charge in [0.05, 0.1) is 19.4 Å². The summed E-state index contributed by atoms with van der Waals surface area (Å²) in [6.45, 7) is -0.928. The zero-order valence-electron chi connectivity index (χ0n) is 11.9. The largest absolute Gasteiger partial charge is 0.428 e. The minimum atomic E-state index is -3.38. The van der Waals surface area contributed by atoms with Crippen LogP contribution in [0, 0.1) is 0 Å². The fourth-order valence-corrected chi connectivity index (χ4v) is 2.75. The molecule has 0 aromatic rings. The minimum Gasteiger partial charge on any atom is -0.428 e. The predicted molar refractivity (Wildman–Crippen MR) is 64.1 cm³/mol. The van der Waals surface area contributed by atoms with Crippen molar-refractivity contribution in [3.63, 3.8) is 0 Å². The standard InChI is InChI=1S/C12H14O12/c13-3-4-7(16)11(19)12(20)9(21-4)22-5(14)1-10(18,8(17)24-12)2-6(15)23-11/h4,7,9,13,16,18-20H,1-3H2/t4-,7+,9+,10?,11+,12-/m1/s1. The lowest BCUT2D eigenvalue weighted by Gasteiger charge is -2.53. The van der Waals surface area contributed by atoms with Gasteiger partial charge >= 0.3 is 29.5 Å². The molecule has 3 aliphatic heterocycles. The van der Waals surface area contributed by atoms with Crippen molar-refractivity contribution in [3.05, 3.63) is 0 Å². The average Bonchev–Trinajstić information content (AvgIpc) is 2.46. The van der Waals surface area contributed by atoms with Gasteiger partial charge in [0.25, 0.3) is 6.29 Å². The highest BCUT2D eigenvalue weighted by Crippen LogP contribution is 2.45. The van der Waals surface area contributed by atoms with Crippen LogP contribution in [0.25, 0.3) is 0 Å². The van der Waals surface area contributed by atoms with E-state index in [1.165, 1.54) is 0 Å². The molecule has 0 radical (unpaired) electrons. The molecule has 6 atom stereocenters. The van der Waals surface area contributed by atoms with E-state index in [0.717, 1.165) is 0 Å². The van der Waals surface area contributed by atoms with Crippen LogP contribution in [-0.2, 0) is 33.3 Å². The van der Waals surface area contributed by atoms with Gasteiger partial charge in [-0.25, -0.2) is 4.79 Å². The molecule has 3 heterocycles. The third kappa shape index (κ3) is 2.12. The van der Waals surface area contributed by atoms with Crippen molar-refractivity contribution < 1.29 is 58.9 Å². The first-order valence-corrected chi connectivity index (χ1v) is 6.82. The van der Waals surface area contributed by atoms with Crippen molar-refractivity contribution in [2.45, 2.75) is 48.5 Å². The summed E-state index contributed by atoms with van der Waals surface area (Å²) in [6.07, 6.45) is -8.29. The van der Waals surface area contributed by atoms with E-state index in [4.69, 9.17) is 9.47 Å². The van der Waals surface area contributed by atoms with Gasteiger partial charge in [-0.1, -0.05) is 0 Å². The van der Waals surface area contributed by atoms with Gasteiger partial charge in [-0.05, 0) is 0 Å². The number of aliphatic hydroxyl groups excluding tert-OH is 2. The molecule has 134 valence electrons. The summed E-state index contributed by atoms with van der Waals surface area (Å²) in [5, 5.41) is 50.5. The van der Waals surface area contributed by atoms with E-state index >= 15 is 0 Å². The zero-order chi connectivity index (χ0) is 17.9. The highest BCUT2D eigenvalue weighted by Gasteiger charge is 2.75. The molecule has 0 spiro atoms. The number of hydrogen-bond donors (Lipinski definition) is 5. The van der Waals surface area contributed by atoms with Gasteiger partial charge in [0, 0.05) is 0 Å². The normalized spacial score (nSPS) is 48.4. The maximum atomic E-state index is 12.1. The van der Waals surface area contributed by atoms with Crippen molar-refractivity contribution in [3.8, 4) is 0 Å². The number of esters is 3. The molecule has 0 saturated carbocycles. The van der Waals surface area contributed by atoms with Crippen LogP contribution in [0.15, 0.2) is 0 Å². The summed E-state index contributed by atoms with van der Waals surface area (Å²) >= 11 is 0. The van der Waals surface area contributed by atoms with Crippen LogP contribution < -0.4 is 0 Å². The monoisotopic (exact) mass is 350 g/mol. The number of fused-ring (bicyclic) bond motifs is 2. The number of aliphatic hydroxyl groups is 5. The highest BCUT2D eigenvalue weighted by atomic mass is 16.8. The lowest BCUT2D eigenvalue weighted by atomic mass is 9.87. The maximum absolute atomic E-state index is 12.1. The first kappa shape index (κ1) is 17.0. The third-order valence-corrected chi connectivity index (χ3v) is 4.07. The molecule has 12 nitrogen and oxygen atoms in total. The Morgan fingerprint density at radius 2 is 1.62 bits per heavy atom. The van der Waals surface area contributed by atoms with Gasteiger partial charge in [0.2, 0.25) is 0 Å². The van der Waals surface area contributed by atoms with Gasteiger partial charge < -0.3 is 44.5 Å². The van der Waals surface area contributed by atoms with E-state index in [1.807, 2.05) is 0 Å². The Kier molecular flexibility index (Phi) is 3.60. The Bertz CT molecular complexity index is 605. The summed E-state index contributed by atoms with van der Waals surface area (Å²) < 4.78 is 18.9. The lowest BCUT2D eigenvalue weighted by Crippen LogP contribution is -2.79. The number of ether oxygens (including phenoxy) is 4. The Morgan fingerprint density at radius 3 is 2.25 bits per heavy atom. The molecular weight excluding hydrogens is 336 g/mol. The summed E-state index contributed by atoms with van der Waals surface area (Å²) in [5.41, 5.74) is -2.70. The molecule has 0 aromatic heterocycles. The fourth-order valence-electron chi connectivity index (χ4n) is 2.75. The van der Waals surface area contributed by atoms with Crippen molar-refractivity contribution in [1.29, 1.82) is 0 Å². The van der Waals surface area contributed by atoms with Gasteiger partial charge in [0.15, 0.2) is 11.7 Å². The van der Waals surface area contributed by atoms with Crippen molar-refractivity contribution in [1.82, 2.24) is 0 Å². The molecule has 2 bridgehead atoms. The van der Waals surface area contributed by atoms with E-state index in [1.54, 1.807) is 0 Å². The van der Waals surface area contributed by atoms with Gasteiger partial charge in [-0.15, -0.1) is 0 Å². The first-order valence-electron chi connectivity index (χ1n) is 6.82. The van der Waals surface area contributed by atoms with Crippen LogP contribution >= 0.6 is 0 Å². The quantitative estimate of drug-likeness (QED) is 0.226. The molecule has 5 N–H and O–H groups in total. The van der Waals surface area contributed by atoms with Gasteiger partial charge in [0.1, 0.15) is 6.10 Å². The smallest absolute Gasteiger partial charge is 0.343 e. The summed E-state index contributed by atoms with van der Waals surface area (Å²) in [7, 11) is 0. The number of hydrogen-bond acceptors (Lipinski definition) is 12. The second-order valence-electron chi connectivity index (χ2n) is 5.77. The Labute approximate surface area is 133 Å². The Morgan fingerprint density at radius 1 is 1.00 bits per heavy atom. The van der Waals surface area contributed by atoms with Crippen molar-refractivity contribution in [2.75, 3.05) is 6.61 Å². The number of rotatable bonds is 1. The van der Waals surface area contributed by atoms with Gasteiger partial charge in [-0.2, -0.15) is 0 Å². The molecule has 0 amide bonds. The Hall–Kier alpha value is -1.83. The summed E-state index contributed by atoms with van der Waals surface area (Å²) in [6, 6.07) is 0. The molecule has 3 fully saturated rings. The van der Waals surface area contributed by atoms with Crippen LogP contribution in [0.5, 0.6) is 0 Å². The van der Waals surface area contributed by atoms with E-state index in [0.29, 0.717) is 0 Å². The van der Waals surface area contributed by atoms with Crippen LogP contribution in [0.1, 0.15) is 12.8 Å². The molecule has 0 aliphatic carbocycles. The molecule has 12 heteroatoms.